The third-order valence-electron chi connectivity index (χ3n) is 4.07. The van der Waals surface area contributed by atoms with Gasteiger partial charge in [0.25, 0.3) is 5.91 Å². The van der Waals surface area contributed by atoms with E-state index in [1.165, 1.54) is 6.26 Å². The van der Waals surface area contributed by atoms with Crippen LogP contribution in [0.4, 0.5) is 0 Å². The highest BCUT2D eigenvalue weighted by Gasteiger charge is 2.31. The van der Waals surface area contributed by atoms with Gasteiger partial charge in [-0.15, -0.1) is 0 Å². The monoisotopic (exact) mass is 369 g/mol. The number of rotatable bonds is 6. The van der Waals surface area contributed by atoms with Gasteiger partial charge in [-0.3, -0.25) is 4.79 Å². The van der Waals surface area contributed by atoms with E-state index in [-0.39, 0.29) is 17.3 Å². The summed E-state index contributed by atoms with van der Waals surface area (Å²) in [5, 5.41) is 1.69. The molecule has 3 aromatic rings. The lowest BCUT2D eigenvalue weighted by Crippen LogP contribution is -2.31. The number of hydrogen-bond acceptors (Lipinski definition) is 4. The Bertz CT molecular complexity index is 962. The van der Waals surface area contributed by atoms with Crippen LogP contribution >= 0.6 is 0 Å². The lowest BCUT2D eigenvalue weighted by molar-refractivity contribution is 0.0953. The second-order valence-electron chi connectivity index (χ2n) is 5.94. The van der Waals surface area contributed by atoms with E-state index in [2.05, 4.69) is 5.32 Å². The fourth-order valence-electron chi connectivity index (χ4n) is 2.61. The van der Waals surface area contributed by atoms with Crippen LogP contribution in [-0.4, -0.2) is 20.9 Å². The van der Waals surface area contributed by atoms with Crippen molar-refractivity contribution in [2.45, 2.75) is 17.1 Å². The summed E-state index contributed by atoms with van der Waals surface area (Å²) < 4.78 is 31.5. The highest BCUT2D eigenvalue weighted by atomic mass is 32.2. The van der Waals surface area contributed by atoms with E-state index in [9.17, 15) is 13.2 Å². The standard InChI is InChI=1S/C20H19NO4S/c1-15-9-11-17(12-10-15)26(23,24)19(18-8-5-13-25-18)14-21-20(22)16-6-3-2-4-7-16/h2-13,19H,14H2,1H3,(H,21,22)/t19-/m1/s1. The fourth-order valence-corrected chi connectivity index (χ4v) is 4.19. The van der Waals surface area contributed by atoms with Gasteiger partial charge in [-0.2, -0.15) is 0 Å². The van der Waals surface area contributed by atoms with Gasteiger partial charge >= 0.3 is 0 Å². The van der Waals surface area contributed by atoms with Crippen molar-refractivity contribution in [3.8, 4) is 0 Å². The van der Waals surface area contributed by atoms with E-state index < -0.39 is 15.1 Å². The summed E-state index contributed by atoms with van der Waals surface area (Å²) in [6, 6.07) is 18.5. The molecular formula is C20H19NO4S. The first-order valence-electron chi connectivity index (χ1n) is 8.15. The van der Waals surface area contributed by atoms with E-state index in [1.54, 1.807) is 60.7 Å². The third kappa shape index (κ3) is 3.86. The summed E-state index contributed by atoms with van der Waals surface area (Å²) in [5.41, 5.74) is 1.44. The number of furan rings is 1. The summed E-state index contributed by atoms with van der Waals surface area (Å²) >= 11 is 0. The number of benzene rings is 2. The first-order chi connectivity index (χ1) is 12.5. The predicted molar refractivity (Wildman–Crippen MR) is 98.6 cm³/mol. The van der Waals surface area contributed by atoms with Gasteiger partial charge in [0.2, 0.25) is 0 Å². The summed E-state index contributed by atoms with van der Waals surface area (Å²) in [7, 11) is -3.73. The Kier molecular flexibility index (Phi) is 5.23. The van der Waals surface area contributed by atoms with Gasteiger partial charge in [0, 0.05) is 12.1 Å². The lowest BCUT2D eigenvalue weighted by atomic mass is 10.2. The Morgan fingerprint density at radius 3 is 2.31 bits per heavy atom. The van der Waals surface area contributed by atoms with Crippen LogP contribution in [0.3, 0.4) is 0 Å². The number of aryl methyl sites for hydroxylation is 1. The van der Waals surface area contributed by atoms with Crippen LogP contribution in [0.25, 0.3) is 0 Å². The molecule has 0 spiro atoms. The number of hydrogen-bond donors (Lipinski definition) is 1. The summed E-state index contributed by atoms with van der Waals surface area (Å²) in [4.78, 5) is 12.5. The second-order valence-corrected chi connectivity index (χ2v) is 8.07. The van der Waals surface area contributed by atoms with Crippen molar-refractivity contribution in [2.24, 2.45) is 0 Å². The first kappa shape index (κ1) is 17.9. The van der Waals surface area contributed by atoms with Crippen molar-refractivity contribution in [1.82, 2.24) is 5.32 Å². The summed E-state index contributed by atoms with van der Waals surface area (Å²) in [5.74, 6) is -0.0415. The number of carbonyl (C=O) groups excluding carboxylic acids is 1. The SMILES string of the molecule is Cc1ccc(S(=O)(=O)[C@H](CNC(=O)c2ccccc2)c2ccco2)cc1. The molecule has 0 radical (unpaired) electrons. The Labute approximate surface area is 152 Å². The van der Waals surface area contributed by atoms with Gasteiger partial charge in [-0.1, -0.05) is 35.9 Å². The van der Waals surface area contributed by atoms with Crippen LogP contribution in [0.2, 0.25) is 0 Å². The molecule has 0 saturated heterocycles. The molecule has 0 aliphatic heterocycles. The molecule has 0 saturated carbocycles. The van der Waals surface area contributed by atoms with Crippen LogP contribution in [0.1, 0.15) is 26.9 Å². The van der Waals surface area contributed by atoms with E-state index in [0.29, 0.717) is 11.3 Å². The van der Waals surface area contributed by atoms with Crippen LogP contribution in [0, 0.1) is 6.92 Å². The molecule has 1 aromatic heterocycles. The predicted octanol–water partition coefficient (Wildman–Crippen LogP) is 3.53. The number of nitrogens with one attached hydrogen (secondary N) is 1. The van der Waals surface area contributed by atoms with Gasteiger partial charge in [-0.25, -0.2) is 8.42 Å². The zero-order valence-corrected chi connectivity index (χ0v) is 15.1. The van der Waals surface area contributed by atoms with Crippen molar-refractivity contribution in [2.75, 3.05) is 6.54 Å². The van der Waals surface area contributed by atoms with E-state index in [1.807, 2.05) is 13.0 Å². The van der Waals surface area contributed by atoms with Crippen molar-refractivity contribution >= 4 is 15.7 Å². The van der Waals surface area contributed by atoms with Crippen LogP contribution in [0.15, 0.2) is 82.3 Å². The molecule has 6 heteroatoms. The molecule has 1 heterocycles. The normalized spacial score (nSPS) is 12.5. The van der Waals surface area contributed by atoms with Crippen molar-refractivity contribution in [1.29, 1.82) is 0 Å². The zero-order valence-electron chi connectivity index (χ0n) is 14.3. The van der Waals surface area contributed by atoms with Crippen molar-refractivity contribution < 1.29 is 17.6 Å². The van der Waals surface area contributed by atoms with Gasteiger partial charge in [0.05, 0.1) is 11.2 Å². The number of sulfone groups is 1. The molecule has 0 fully saturated rings. The summed E-state index contributed by atoms with van der Waals surface area (Å²) in [6.07, 6.45) is 1.42. The molecule has 1 amide bonds. The van der Waals surface area contributed by atoms with E-state index in [4.69, 9.17) is 4.42 Å². The molecule has 0 unspecified atom stereocenters. The van der Waals surface area contributed by atoms with Crippen LogP contribution in [-0.2, 0) is 9.84 Å². The minimum atomic E-state index is -3.73. The van der Waals surface area contributed by atoms with Gasteiger partial charge in [-0.05, 0) is 43.3 Å². The van der Waals surface area contributed by atoms with Crippen molar-refractivity contribution in [3.05, 3.63) is 89.9 Å². The molecule has 2 aromatic carbocycles. The molecule has 0 aliphatic carbocycles. The fraction of sp³-hybridized carbons (Fsp3) is 0.150. The molecule has 5 nitrogen and oxygen atoms in total. The van der Waals surface area contributed by atoms with Crippen LogP contribution < -0.4 is 5.32 Å². The molecular weight excluding hydrogens is 350 g/mol. The Morgan fingerprint density at radius 2 is 1.69 bits per heavy atom. The molecule has 0 aliphatic rings. The highest BCUT2D eigenvalue weighted by molar-refractivity contribution is 7.91. The maximum atomic E-state index is 13.1. The summed E-state index contributed by atoms with van der Waals surface area (Å²) in [6.45, 7) is 1.80. The lowest BCUT2D eigenvalue weighted by Gasteiger charge is -2.17. The van der Waals surface area contributed by atoms with Gasteiger partial charge in [0.1, 0.15) is 11.0 Å². The molecule has 1 atom stereocenters. The van der Waals surface area contributed by atoms with Crippen LogP contribution in [0.5, 0.6) is 0 Å². The number of amides is 1. The average molecular weight is 369 g/mol. The topological polar surface area (TPSA) is 76.4 Å². The minimum absolute atomic E-state index is 0.0859. The maximum absolute atomic E-state index is 13.1. The largest absolute Gasteiger partial charge is 0.468 e. The average Bonchev–Trinajstić information content (AvgIpc) is 3.17. The van der Waals surface area contributed by atoms with Crippen molar-refractivity contribution in [3.63, 3.8) is 0 Å². The zero-order chi connectivity index (χ0) is 18.6. The smallest absolute Gasteiger partial charge is 0.251 e. The molecule has 26 heavy (non-hydrogen) atoms. The van der Waals surface area contributed by atoms with Gasteiger partial charge < -0.3 is 9.73 Å². The van der Waals surface area contributed by atoms with Gasteiger partial charge in [0.15, 0.2) is 9.84 Å². The molecule has 3 rings (SSSR count). The quantitative estimate of drug-likeness (QED) is 0.721. The van der Waals surface area contributed by atoms with E-state index >= 15 is 0 Å². The molecule has 0 bridgehead atoms. The van der Waals surface area contributed by atoms with E-state index in [0.717, 1.165) is 5.56 Å². The Morgan fingerprint density at radius 1 is 1.00 bits per heavy atom. The third-order valence-corrected chi connectivity index (χ3v) is 6.15. The molecule has 1 N–H and O–H groups in total. The first-order valence-corrected chi connectivity index (χ1v) is 9.70. The second kappa shape index (κ2) is 7.58. The number of carbonyl (C=O) groups is 1. The Balaban J connectivity index is 1.86. The Hall–Kier alpha value is -2.86. The minimum Gasteiger partial charge on any atom is -0.468 e. The molecule has 134 valence electrons. The maximum Gasteiger partial charge on any atom is 0.251 e. The highest BCUT2D eigenvalue weighted by Crippen LogP contribution is 2.29.